The van der Waals surface area contributed by atoms with Crippen LogP contribution in [0.5, 0.6) is 0 Å². The van der Waals surface area contributed by atoms with Crippen LogP contribution in [0, 0.1) is 5.92 Å². The zero-order chi connectivity index (χ0) is 34.9. The number of nitrogens with zero attached hydrogens (tertiary/aromatic N) is 5. The van der Waals surface area contributed by atoms with Gasteiger partial charge in [0.05, 0.1) is 11.7 Å². The Balaban J connectivity index is 1.44. The quantitative estimate of drug-likeness (QED) is 0.175. The first-order valence-electron chi connectivity index (χ1n) is 17.1. The van der Waals surface area contributed by atoms with Gasteiger partial charge in [0, 0.05) is 23.1 Å². The van der Waals surface area contributed by atoms with E-state index >= 15 is 0 Å². The molecule has 1 saturated heterocycles. The van der Waals surface area contributed by atoms with E-state index in [0.717, 1.165) is 64.7 Å². The molecular weight excluding hydrogens is 624 g/mol. The third kappa shape index (κ3) is 6.32. The lowest BCUT2D eigenvalue weighted by atomic mass is 9.77. The molecule has 7 rings (SSSR count). The molecule has 9 heteroatoms. The van der Waals surface area contributed by atoms with Crippen molar-refractivity contribution in [2.24, 2.45) is 5.92 Å². The predicted octanol–water partition coefficient (Wildman–Crippen LogP) is 7.80. The summed E-state index contributed by atoms with van der Waals surface area (Å²) in [6.45, 7) is 7.21. The van der Waals surface area contributed by atoms with Gasteiger partial charge in [-0.15, -0.1) is 0 Å². The monoisotopic (exact) mass is 666 g/mol. The number of nitrogens with one attached hydrogen (secondary N) is 1. The highest BCUT2D eigenvalue weighted by atomic mass is 16.6. The minimum Gasteiger partial charge on any atom is -0.442 e. The van der Waals surface area contributed by atoms with Gasteiger partial charge in [-0.1, -0.05) is 97.1 Å². The number of amides is 1. The molecule has 3 heterocycles. The van der Waals surface area contributed by atoms with Crippen molar-refractivity contribution >= 4 is 28.7 Å². The Morgan fingerprint density at radius 1 is 0.780 bits per heavy atom. The lowest BCUT2D eigenvalue weighted by Gasteiger charge is -2.37. The lowest BCUT2D eigenvalue weighted by Crippen LogP contribution is -2.39. The highest BCUT2D eigenvalue weighted by molar-refractivity contribution is 6.02. The molecule has 0 saturated carbocycles. The second kappa shape index (κ2) is 13.4. The first-order chi connectivity index (χ1) is 24.1. The summed E-state index contributed by atoms with van der Waals surface area (Å²) >= 11 is 0. The molecule has 2 aromatic heterocycles. The van der Waals surface area contributed by atoms with E-state index in [0.29, 0.717) is 5.82 Å². The van der Waals surface area contributed by atoms with Crippen LogP contribution < -0.4 is 5.32 Å². The number of aromatic nitrogens is 4. The Bertz CT molecular complexity index is 2010. The number of carbonyl (C=O) groups is 2. The molecule has 1 fully saturated rings. The summed E-state index contributed by atoms with van der Waals surface area (Å²) in [6, 6.07) is 37.2. The van der Waals surface area contributed by atoms with Crippen LogP contribution in [0.15, 0.2) is 122 Å². The Morgan fingerprint density at radius 3 is 1.88 bits per heavy atom. The molecule has 0 aliphatic carbocycles. The molecule has 0 radical (unpaired) electrons. The van der Waals surface area contributed by atoms with Crippen molar-refractivity contribution in [3.63, 3.8) is 0 Å². The number of ether oxygens (including phenoxy) is 1. The molecule has 0 unspecified atom stereocenters. The van der Waals surface area contributed by atoms with Gasteiger partial charge in [-0.05, 0) is 88.1 Å². The molecule has 1 amide bonds. The molecule has 254 valence electrons. The SMILES string of the molecule is CN1CCC(C(=O)Nc2nn(C(c3ccccc3)(c3ccccc3)c3ccccc3)c3ccc(-c4cnn(C(=O)OC(C)(C)C)c4)cc23)CC1. The number of likely N-dealkylation sites (tertiary alicyclic amines) is 1. The van der Waals surface area contributed by atoms with Crippen LogP contribution in [-0.2, 0) is 15.1 Å². The van der Waals surface area contributed by atoms with Gasteiger partial charge in [0.2, 0.25) is 5.91 Å². The number of hydrogen-bond donors (Lipinski definition) is 1. The molecule has 1 N–H and O–H groups in total. The smallest absolute Gasteiger partial charge is 0.435 e. The van der Waals surface area contributed by atoms with Crippen molar-refractivity contribution in [1.29, 1.82) is 0 Å². The zero-order valence-electron chi connectivity index (χ0n) is 28.9. The second-order valence-electron chi connectivity index (χ2n) is 14.0. The number of carbonyl (C=O) groups excluding carboxylic acids is 2. The van der Waals surface area contributed by atoms with E-state index in [1.807, 2.05) is 93.6 Å². The molecule has 0 bridgehead atoms. The summed E-state index contributed by atoms with van der Waals surface area (Å²) < 4.78 is 8.80. The Labute approximate surface area is 292 Å². The summed E-state index contributed by atoms with van der Waals surface area (Å²) in [5.74, 6) is 0.346. The maximum absolute atomic E-state index is 13.9. The summed E-state index contributed by atoms with van der Waals surface area (Å²) in [5.41, 5.74) is 3.93. The number of rotatable bonds is 7. The topological polar surface area (TPSA) is 94.3 Å². The zero-order valence-corrected chi connectivity index (χ0v) is 28.9. The van der Waals surface area contributed by atoms with Crippen LogP contribution >= 0.6 is 0 Å². The fraction of sp³-hybridized carbons (Fsp3) is 0.268. The molecule has 4 aromatic carbocycles. The number of anilines is 1. The van der Waals surface area contributed by atoms with Gasteiger partial charge >= 0.3 is 6.09 Å². The van der Waals surface area contributed by atoms with E-state index in [9.17, 15) is 9.59 Å². The summed E-state index contributed by atoms with van der Waals surface area (Å²) in [4.78, 5) is 28.9. The third-order valence-corrected chi connectivity index (χ3v) is 9.40. The first kappa shape index (κ1) is 33.0. The summed E-state index contributed by atoms with van der Waals surface area (Å²) in [5, 5.41) is 13.7. The number of fused-ring (bicyclic) bond motifs is 1. The van der Waals surface area contributed by atoms with Crippen LogP contribution in [0.3, 0.4) is 0 Å². The van der Waals surface area contributed by atoms with Crippen molar-refractivity contribution in [3.05, 3.63) is 138 Å². The van der Waals surface area contributed by atoms with Crippen LogP contribution in [0.4, 0.5) is 10.6 Å². The predicted molar refractivity (Wildman–Crippen MR) is 196 cm³/mol. The van der Waals surface area contributed by atoms with E-state index in [-0.39, 0.29) is 11.8 Å². The maximum Gasteiger partial charge on any atom is 0.435 e. The average molecular weight is 667 g/mol. The van der Waals surface area contributed by atoms with Crippen LogP contribution in [-0.4, -0.2) is 62.2 Å². The molecule has 0 spiro atoms. The van der Waals surface area contributed by atoms with Gasteiger partial charge in [-0.25, -0.2) is 9.48 Å². The van der Waals surface area contributed by atoms with Gasteiger partial charge in [0.1, 0.15) is 11.1 Å². The number of benzene rings is 4. The minimum atomic E-state index is -0.887. The van der Waals surface area contributed by atoms with Crippen molar-refractivity contribution < 1.29 is 14.3 Å². The molecule has 1 aliphatic heterocycles. The Kier molecular flexibility index (Phi) is 8.84. The van der Waals surface area contributed by atoms with Crippen molar-refractivity contribution in [3.8, 4) is 11.1 Å². The van der Waals surface area contributed by atoms with Gasteiger partial charge in [-0.3, -0.25) is 4.79 Å². The van der Waals surface area contributed by atoms with Crippen LogP contribution in [0.1, 0.15) is 50.3 Å². The highest BCUT2D eigenvalue weighted by Gasteiger charge is 2.41. The highest BCUT2D eigenvalue weighted by Crippen LogP contribution is 2.44. The standard InChI is InChI=1S/C41H42N6O3/c1-40(2,3)50-39(49)46-28-31(27-42-46)30-20-21-36-35(26-30)37(43-38(48)29-22-24-45(4)25-23-29)44-47(36)41(32-14-8-5-9-15-32,33-16-10-6-11-17-33)34-18-12-7-13-19-34/h5-21,26-29H,22-25H2,1-4H3,(H,43,44,48). The van der Waals surface area contributed by atoms with Gasteiger partial charge in [0.25, 0.3) is 0 Å². The number of hydrogen-bond acceptors (Lipinski definition) is 6. The second-order valence-corrected chi connectivity index (χ2v) is 14.0. The lowest BCUT2D eigenvalue weighted by molar-refractivity contribution is -0.121. The van der Waals surface area contributed by atoms with Crippen molar-refractivity contribution in [2.45, 2.75) is 44.8 Å². The Morgan fingerprint density at radius 2 is 1.34 bits per heavy atom. The molecule has 50 heavy (non-hydrogen) atoms. The van der Waals surface area contributed by atoms with Crippen LogP contribution in [0.2, 0.25) is 0 Å². The van der Waals surface area contributed by atoms with Gasteiger partial charge < -0.3 is 15.0 Å². The molecule has 9 nitrogen and oxygen atoms in total. The largest absolute Gasteiger partial charge is 0.442 e. The molecule has 0 atom stereocenters. The Hall–Kier alpha value is -5.54. The minimum absolute atomic E-state index is 0.0301. The van der Waals surface area contributed by atoms with Crippen LogP contribution in [0.25, 0.3) is 22.0 Å². The van der Waals surface area contributed by atoms with Crippen molar-refractivity contribution in [2.75, 3.05) is 25.5 Å². The summed E-state index contributed by atoms with van der Waals surface area (Å²) in [7, 11) is 2.09. The first-order valence-corrected chi connectivity index (χ1v) is 17.1. The van der Waals surface area contributed by atoms with E-state index in [4.69, 9.17) is 9.84 Å². The molecular formula is C41H42N6O3. The van der Waals surface area contributed by atoms with E-state index in [1.165, 1.54) is 4.68 Å². The number of piperidine rings is 1. The fourth-order valence-corrected chi connectivity index (χ4v) is 6.92. The average Bonchev–Trinajstić information content (AvgIpc) is 3.76. The van der Waals surface area contributed by atoms with E-state index < -0.39 is 17.2 Å². The molecule has 6 aromatic rings. The normalized spacial score (nSPS) is 14.5. The fourth-order valence-electron chi connectivity index (χ4n) is 6.92. The van der Waals surface area contributed by atoms with E-state index in [2.05, 4.69) is 63.4 Å². The summed E-state index contributed by atoms with van der Waals surface area (Å²) in [6.07, 6.45) is 4.34. The maximum atomic E-state index is 13.9. The van der Waals surface area contributed by atoms with Crippen molar-refractivity contribution in [1.82, 2.24) is 24.5 Å². The third-order valence-electron chi connectivity index (χ3n) is 9.40. The van der Waals surface area contributed by atoms with Gasteiger partial charge in [-0.2, -0.15) is 14.9 Å². The van der Waals surface area contributed by atoms with Gasteiger partial charge in [0.15, 0.2) is 5.82 Å². The van der Waals surface area contributed by atoms with E-state index in [1.54, 1.807) is 12.4 Å². The molecule has 1 aliphatic rings.